The maximum atomic E-state index is 13.4. The molecule has 2 nitrogen and oxygen atoms in total. The van der Waals surface area contributed by atoms with Gasteiger partial charge in [-0.2, -0.15) is 0 Å². The van der Waals surface area contributed by atoms with Crippen LogP contribution in [0.15, 0.2) is 91.0 Å². The molecule has 3 aromatic rings. The minimum atomic E-state index is -2.01. The molecule has 27 heavy (non-hydrogen) atoms. The number of rotatable bonds is 5. The highest BCUT2D eigenvalue weighted by atomic mass is 127. The number of likely N-dealkylation sites (N-methyl/N-ethyl adjacent to an activating group) is 1. The molecule has 0 N–H and O–H groups in total. The average Bonchev–Trinajstić information content (AvgIpc) is 2.70. The van der Waals surface area contributed by atoms with Crippen LogP contribution >= 0.6 is 7.26 Å². The molecule has 0 aliphatic rings. The molecule has 3 rings (SSSR count). The molecule has 0 aliphatic heterocycles. The van der Waals surface area contributed by atoms with E-state index >= 15 is 0 Å². The highest BCUT2D eigenvalue weighted by molar-refractivity contribution is 7.89. The number of hydrogen-bond acceptors (Lipinski definition) is 1. The zero-order valence-electron chi connectivity index (χ0n) is 15.9. The third-order valence-corrected chi connectivity index (χ3v) is 9.19. The molecule has 0 aromatic heterocycles. The van der Waals surface area contributed by atoms with Gasteiger partial charge in [-0.05, 0) is 24.3 Å². The van der Waals surface area contributed by atoms with E-state index in [0.29, 0.717) is 0 Å². The van der Waals surface area contributed by atoms with Gasteiger partial charge < -0.3 is 28.9 Å². The van der Waals surface area contributed by atoms with Gasteiger partial charge in [0.1, 0.15) is 10.6 Å². The number of benzene rings is 3. The lowest BCUT2D eigenvalue weighted by Crippen LogP contribution is -3.00. The van der Waals surface area contributed by atoms with Crippen LogP contribution in [0, 0.1) is 0 Å². The predicted octanol–water partition coefficient (Wildman–Crippen LogP) is 1.12. The van der Waals surface area contributed by atoms with E-state index in [-0.39, 0.29) is 35.5 Å². The standard InChI is InChI=1S/C23H25NOP.HI/c1-24(2)23(25)22(19-13-7-4-8-14-19)26(3,20-15-9-5-10-16-20)21-17-11-6-12-18-21;/h4-18,22H,1-3H3;1H/q+1;/p-1. The number of carbonyl (C=O) groups is 1. The summed E-state index contributed by atoms with van der Waals surface area (Å²) >= 11 is 0. The Bertz CT molecular complexity index is 814. The molecule has 1 atom stereocenters. The lowest BCUT2D eigenvalue weighted by molar-refractivity contribution is -0.128. The Morgan fingerprint density at radius 3 is 1.48 bits per heavy atom. The summed E-state index contributed by atoms with van der Waals surface area (Å²) in [6.45, 7) is 2.29. The Morgan fingerprint density at radius 1 is 0.741 bits per heavy atom. The third kappa shape index (κ3) is 4.41. The largest absolute Gasteiger partial charge is 1.00 e. The Labute approximate surface area is 180 Å². The molecule has 0 fully saturated rings. The van der Waals surface area contributed by atoms with Gasteiger partial charge >= 0.3 is 0 Å². The molecule has 0 aliphatic carbocycles. The van der Waals surface area contributed by atoms with Crippen molar-refractivity contribution >= 4 is 23.8 Å². The summed E-state index contributed by atoms with van der Waals surface area (Å²) in [7, 11) is 1.68. The summed E-state index contributed by atoms with van der Waals surface area (Å²) in [6.07, 6.45) is 0. The number of nitrogens with zero attached hydrogens (tertiary/aromatic N) is 1. The van der Waals surface area contributed by atoms with Crippen molar-refractivity contribution in [1.82, 2.24) is 4.90 Å². The van der Waals surface area contributed by atoms with Crippen molar-refractivity contribution in [3.05, 3.63) is 96.6 Å². The minimum absolute atomic E-state index is 0. The fourth-order valence-corrected chi connectivity index (χ4v) is 7.38. The number of halogens is 1. The average molecular weight is 489 g/mol. The topological polar surface area (TPSA) is 20.3 Å². The fraction of sp³-hybridized carbons (Fsp3) is 0.174. The number of amides is 1. The molecule has 0 heterocycles. The molecule has 3 aromatic carbocycles. The third-order valence-electron chi connectivity index (χ3n) is 4.89. The maximum absolute atomic E-state index is 13.4. The van der Waals surface area contributed by atoms with Crippen LogP contribution in [0.4, 0.5) is 0 Å². The SMILES string of the molecule is CN(C)C(=O)C(c1ccccc1)[P+](C)(c1ccccc1)c1ccccc1.[I-]. The van der Waals surface area contributed by atoms with E-state index in [1.807, 2.05) is 44.4 Å². The summed E-state index contributed by atoms with van der Waals surface area (Å²) in [5.41, 5.74) is 0.873. The molecule has 0 saturated carbocycles. The Balaban J connectivity index is 0.00000261. The second-order valence-electron chi connectivity index (χ2n) is 6.79. The van der Waals surface area contributed by atoms with Crippen molar-refractivity contribution < 1.29 is 28.8 Å². The normalized spacial score (nSPS) is 12.0. The van der Waals surface area contributed by atoms with Gasteiger partial charge in [-0.25, -0.2) is 0 Å². The smallest absolute Gasteiger partial charge is 0.268 e. The summed E-state index contributed by atoms with van der Waals surface area (Å²) in [5, 5.41) is 2.49. The second-order valence-corrected chi connectivity index (χ2v) is 10.5. The van der Waals surface area contributed by atoms with Gasteiger partial charge in [0.15, 0.2) is 5.66 Å². The fourth-order valence-electron chi connectivity index (χ4n) is 3.46. The summed E-state index contributed by atoms with van der Waals surface area (Å²) in [6, 6.07) is 31.2. The minimum Gasteiger partial charge on any atom is -1.00 e. The van der Waals surface area contributed by atoms with Gasteiger partial charge in [0.2, 0.25) is 0 Å². The molecule has 0 bridgehead atoms. The zero-order valence-corrected chi connectivity index (χ0v) is 19.0. The van der Waals surface area contributed by atoms with E-state index in [4.69, 9.17) is 0 Å². The van der Waals surface area contributed by atoms with Crippen LogP contribution in [0.2, 0.25) is 0 Å². The van der Waals surface area contributed by atoms with Crippen LogP contribution in [0.25, 0.3) is 0 Å². The quantitative estimate of drug-likeness (QED) is 0.389. The van der Waals surface area contributed by atoms with Gasteiger partial charge in [-0.3, -0.25) is 4.79 Å². The van der Waals surface area contributed by atoms with Crippen LogP contribution in [0.5, 0.6) is 0 Å². The predicted molar refractivity (Wildman–Crippen MR) is 113 cm³/mol. The molecule has 1 amide bonds. The van der Waals surface area contributed by atoms with E-state index in [0.717, 1.165) is 5.56 Å². The van der Waals surface area contributed by atoms with Gasteiger partial charge in [0, 0.05) is 19.7 Å². The number of hydrogen-bond donors (Lipinski definition) is 0. The van der Waals surface area contributed by atoms with Gasteiger partial charge in [0.05, 0.1) is 13.9 Å². The monoisotopic (exact) mass is 489 g/mol. The molecule has 1 unspecified atom stereocenters. The van der Waals surface area contributed by atoms with Crippen LogP contribution < -0.4 is 34.6 Å². The first-order valence-corrected chi connectivity index (χ1v) is 11.1. The first-order chi connectivity index (χ1) is 12.5. The van der Waals surface area contributed by atoms with Gasteiger partial charge in [-0.15, -0.1) is 0 Å². The van der Waals surface area contributed by atoms with Crippen LogP contribution in [0.3, 0.4) is 0 Å². The first kappa shape index (κ1) is 21.6. The molecular formula is C23H25INOP. The molecule has 140 valence electrons. The summed E-state index contributed by atoms with van der Waals surface area (Å²) < 4.78 is 0. The Morgan fingerprint density at radius 2 is 1.11 bits per heavy atom. The lowest BCUT2D eigenvalue weighted by atomic mass is 10.1. The van der Waals surface area contributed by atoms with Crippen molar-refractivity contribution in [3.8, 4) is 0 Å². The van der Waals surface area contributed by atoms with Crippen molar-refractivity contribution in [1.29, 1.82) is 0 Å². The molecule has 4 heteroatoms. The maximum Gasteiger partial charge on any atom is 0.268 e. The van der Waals surface area contributed by atoms with Crippen molar-refractivity contribution in [2.75, 3.05) is 20.8 Å². The van der Waals surface area contributed by atoms with Gasteiger partial charge in [-0.1, -0.05) is 66.7 Å². The van der Waals surface area contributed by atoms with Crippen molar-refractivity contribution in [2.24, 2.45) is 0 Å². The van der Waals surface area contributed by atoms with Crippen LogP contribution in [-0.2, 0) is 4.79 Å². The Hall–Kier alpha value is -1.71. The van der Waals surface area contributed by atoms with E-state index in [2.05, 4.69) is 67.3 Å². The molecule has 0 radical (unpaired) electrons. The van der Waals surface area contributed by atoms with Gasteiger partial charge in [0.25, 0.3) is 5.91 Å². The van der Waals surface area contributed by atoms with Crippen molar-refractivity contribution in [2.45, 2.75) is 5.66 Å². The van der Waals surface area contributed by atoms with E-state index < -0.39 is 7.26 Å². The molecule has 0 spiro atoms. The van der Waals surface area contributed by atoms with E-state index in [1.54, 1.807) is 4.90 Å². The summed E-state index contributed by atoms with van der Waals surface area (Å²) in [4.78, 5) is 15.1. The van der Waals surface area contributed by atoms with Crippen molar-refractivity contribution in [3.63, 3.8) is 0 Å². The summed E-state index contributed by atoms with van der Waals surface area (Å²) in [5.74, 6) is 0.153. The Kier molecular flexibility index (Phi) is 7.58. The lowest BCUT2D eigenvalue weighted by Gasteiger charge is -2.32. The molecule has 0 saturated heterocycles. The first-order valence-electron chi connectivity index (χ1n) is 8.78. The number of carbonyl (C=O) groups excluding carboxylic acids is 1. The van der Waals surface area contributed by atoms with E-state index in [1.165, 1.54) is 10.6 Å². The van der Waals surface area contributed by atoms with Crippen LogP contribution in [-0.4, -0.2) is 31.6 Å². The van der Waals surface area contributed by atoms with E-state index in [9.17, 15) is 4.79 Å². The highest BCUT2D eigenvalue weighted by Crippen LogP contribution is 2.65. The molecular weight excluding hydrogens is 464 g/mol. The zero-order chi connectivity index (χ0) is 18.6. The van der Waals surface area contributed by atoms with Crippen LogP contribution in [0.1, 0.15) is 11.2 Å². The highest BCUT2D eigenvalue weighted by Gasteiger charge is 2.51. The second kappa shape index (κ2) is 9.48.